The van der Waals surface area contributed by atoms with E-state index >= 15 is 4.79 Å². The Balaban J connectivity index is 1.25. The highest BCUT2D eigenvalue weighted by molar-refractivity contribution is 7.91. The van der Waals surface area contributed by atoms with Gasteiger partial charge in [-0.2, -0.15) is 0 Å². The molecule has 316 valence electrons. The highest BCUT2D eigenvalue weighted by Crippen LogP contribution is 2.46. The van der Waals surface area contributed by atoms with Crippen molar-refractivity contribution in [2.24, 2.45) is 17.8 Å². The summed E-state index contributed by atoms with van der Waals surface area (Å²) in [6.07, 6.45) is 6.16. The highest BCUT2D eigenvalue weighted by Gasteiger charge is 2.62. The van der Waals surface area contributed by atoms with Gasteiger partial charge >= 0.3 is 6.09 Å². The number of allylic oxidation sites excluding steroid dienone is 1. The van der Waals surface area contributed by atoms with Crippen LogP contribution in [-0.4, -0.2) is 134 Å². The zero-order chi connectivity index (χ0) is 41.4. The van der Waals surface area contributed by atoms with Crippen molar-refractivity contribution >= 4 is 44.6 Å². The first-order valence-corrected chi connectivity index (χ1v) is 21.5. The van der Waals surface area contributed by atoms with E-state index in [0.29, 0.717) is 54.6 Å². The summed E-state index contributed by atoms with van der Waals surface area (Å²) in [6, 6.07) is 2.38. The Labute approximate surface area is 337 Å². The Hall–Kier alpha value is -4.68. The molecule has 0 spiro atoms. The van der Waals surface area contributed by atoms with Gasteiger partial charge in [-0.3, -0.25) is 24.0 Å². The van der Waals surface area contributed by atoms with Crippen LogP contribution in [0.15, 0.2) is 36.5 Å². The number of rotatable bonds is 12. The minimum absolute atomic E-state index is 0.0291. The van der Waals surface area contributed by atoms with Crippen LogP contribution in [0.3, 0.4) is 0 Å². The fourth-order valence-electron chi connectivity index (χ4n) is 8.46. The zero-order valence-corrected chi connectivity index (χ0v) is 34.1. The monoisotopic (exact) mass is 827 g/mol. The molecule has 2 aromatic rings. The van der Waals surface area contributed by atoms with Crippen molar-refractivity contribution in [3.63, 3.8) is 0 Å². The van der Waals surface area contributed by atoms with E-state index in [1.54, 1.807) is 32.4 Å². The quantitative estimate of drug-likeness (QED) is 0.208. The second-order valence-electron chi connectivity index (χ2n) is 16.3. The number of nitrogens with zero attached hydrogens (tertiary/aromatic N) is 3. The summed E-state index contributed by atoms with van der Waals surface area (Å²) in [6.45, 7) is 4.69. The Morgan fingerprint density at radius 3 is 2.55 bits per heavy atom. The molecule has 17 nitrogen and oxygen atoms in total. The average molecular weight is 828 g/mol. The number of aromatic nitrogens is 1. The molecule has 4 amide bonds. The van der Waals surface area contributed by atoms with Crippen molar-refractivity contribution in [2.45, 2.75) is 93.8 Å². The molecule has 1 aromatic heterocycles. The molecule has 58 heavy (non-hydrogen) atoms. The molecule has 4 heterocycles. The Kier molecular flexibility index (Phi) is 12.1. The van der Waals surface area contributed by atoms with Gasteiger partial charge in [-0.05, 0) is 68.6 Å². The van der Waals surface area contributed by atoms with E-state index in [9.17, 15) is 27.9 Å². The number of hydrogen-bond acceptors (Lipinski definition) is 12. The molecule has 0 bridgehead atoms. The van der Waals surface area contributed by atoms with Crippen LogP contribution in [0.1, 0.15) is 58.8 Å². The van der Waals surface area contributed by atoms with E-state index in [0.717, 1.165) is 6.42 Å². The number of sulfonamides is 1. The van der Waals surface area contributed by atoms with Crippen LogP contribution in [0.5, 0.6) is 17.4 Å². The van der Waals surface area contributed by atoms with Crippen LogP contribution in [0.2, 0.25) is 0 Å². The number of amides is 4. The average Bonchev–Trinajstić information content (AvgIpc) is 4.09. The summed E-state index contributed by atoms with van der Waals surface area (Å²) < 4.78 is 56.5. The Morgan fingerprint density at radius 1 is 1.10 bits per heavy atom. The highest BCUT2D eigenvalue weighted by atomic mass is 32.2. The first kappa shape index (κ1) is 41.5. The molecule has 2 saturated carbocycles. The van der Waals surface area contributed by atoms with E-state index in [1.165, 1.54) is 16.0 Å². The molecule has 2 saturated heterocycles. The van der Waals surface area contributed by atoms with E-state index < -0.39 is 80.7 Å². The standard InChI is InChI=1S/C40H53N5O12S/c1-23-7-5-6-8-25-18-40(25,38(48)43-58(51,52)29-10-11-29)42-35(46)32-17-28(20-44(32)37(47)34(24(2)15-23)45(39(49)50)26-21-55-22-26)57-36-30-12-9-27(54-4)16-31(30)33(19-41-36)56-14-13-53-3/h6,8-9,12,16,19,23-26,28-29,32,34H,5,7,10-11,13-15,17-18,20-22H2,1-4H3,(H,42,46)(H,43,48)(H,49,50)/t23-,24+,25+,28+,32-,34-,40+/m0/s1. The lowest BCUT2D eigenvalue weighted by Crippen LogP contribution is -2.63. The third-order valence-electron chi connectivity index (χ3n) is 12.0. The predicted octanol–water partition coefficient (Wildman–Crippen LogP) is 2.86. The Morgan fingerprint density at radius 2 is 1.88 bits per heavy atom. The van der Waals surface area contributed by atoms with Crippen molar-refractivity contribution in [2.75, 3.05) is 47.2 Å². The SMILES string of the molecule is COCCOc1cnc(O[C@@H]2C[C@H]3C(=O)N[C@]4(C(=O)NS(=O)(=O)C5CC5)C[C@H]4C=CCC[C@H](C)C[C@@H](C)[C@H](N(C(=O)O)C4COC4)C(=O)N3C2)c2ccc(OC)cc12. The second kappa shape index (κ2) is 16.9. The van der Waals surface area contributed by atoms with Crippen LogP contribution in [0.25, 0.3) is 10.8 Å². The number of methoxy groups -OCH3 is 2. The van der Waals surface area contributed by atoms with E-state index in [2.05, 4.69) is 15.0 Å². The number of ether oxygens (including phenoxy) is 5. The minimum Gasteiger partial charge on any atom is -0.497 e. The van der Waals surface area contributed by atoms with Gasteiger partial charge in [-0.15, -0.1) is 0 Å². The second-order valence-corrected chi connectivity index (χ2v) is 18.2. The molecule has 3 N–H and O–H groups in total. The molecule has 0 unspecified atom stereocenters. The number of nitrogens with one attached hydrogen (secondary N) is 2. The topological polar surface area (TPSA) is 212 Å². The van der Waals surface area contributed by atoms with Gasteiger partial charge in [0, 0.05) is 30.2 Å². The fraction of sp³-hybridized carbons (Fsp3) is 0.625. The molecular weight excluding hydrogens is 775 g/mol. The Bertz CT molecular complexity index is 2040. The molecule has 0 radical (unpaired) electrons. The van der Waals surface area contributed by atoms with Gasteiger partial charge in [0.2, 0.25) is 27.7 Å². The molecular formula is C40H53N5O12S. The lowest BCUT2D eigenvalue weighted by atomic mass is 9.86. The van der Waals surface area contributed by atoms with Crippen LogP contribution >= 0.6 is 0 Å². The summed E-state index contributed by atoms with van der Waals surface area (Å²) >= 11 is 0. The third-order valence-corrected chi connectivity index (χ3v) is 13.8. The van der Waals surface area contributed by atoms with E-state index in [4.69, 9.17) is 23.7 Å². The number of fused-ring (bicyclic) bond motifs is 3. The van der Waals surface area contributed by atoms with Gasteiger partial charge in [0.1, 0.15) is 41.8 Å². The number of carbonyl (C=O) groups excluding carboxylic acids is 3. The van der Waals surface area contributed by atoms with Crippen LogP contribution in [0, 0.1) is 17.8 Å². The molecule has 2 aliphatic carbocycles. The number of pyridine rings is 1. The van der Waals surface area contributed by atoms with Crippen molar-refractivity contribution in [1.29, 1.82) is 0 Å². The molecule has 1 aromatic carbocycles. The van der Waals surface area contributed by atoms with Gasteiger partial charge < -0.3 is 39.0 Å². The minimum atomic E-state index is -3.94. The van der Waals surface area contributed by atoms with Gasteiger partial charge in [-0.25, -0.2) is 18.2 Å². The first-order chi connectivity index (χ1) is 27.8. The molecule has 18 heteroatoms. The van der Waals surface area contributed by atoms with Gasteiger partial charge in [-0.1, -0.05) is 26.0 Å². The van der Waals surface area contributed by atoms with E-state index in [-0.39, 0.29) is 51.0 Å². The van der Waals surface area contributed by atoms with Gasteiger partial charge in [0.05, 0.1) is 51.0 Å². The summed E-state index contributed by atoms with van der Waals surface area (Å²) in [5.41, 5.74) is -1.56. The summed E-state index contributed by atoms with van der Waals surface area (Å²) in [5.74, 6) is -1.65. The molecule has 5 aliphatic rings. The van der Waals surface area contributed by atoms with Crippen LogP contribution < -0.4 is 24.2 Å². The largest absolute Gasteiger partial charge is 0.497 e. The van der Waals surface area contributed by atoms with Gasteiger partial charge in [0.25, 0.3) is 5.91 Å². The summed E-state index contributed by atoms with van der Waals surface area (Å²) in [7, 11) is -0.822. The predicted molar refractivity (Wildman–Crippen MR) is 209 cm³/mol. The first-order valence-electron chi connectivity index (χ1n) is 20.0. The molecule has 4 fully saturated rings. The third kappa shape index (κ3) is 8.54. The molecule has 3 aliphatic heterocycles. The van der Waals surface area contributed by atoms with Crippen molar-refractivity contribution in [1.82, 2.24) is 24.8 Å². The lowest BCUT2D eigenvalue weighted by Gasteiger charge is -2.43. The maximum Gasteiger partial charge on any atom is 0.408 e. The number of hydrogen-bond donors (Lipinski definition) is 3. The number of carbonyl (C=O) groups is 4. The van der Waals surface area contributed by atoms with Crippen molar-refractivity contribution in [3.8, 4) is 17.4 Å². The normalized spacial score (nSPS) is 29.2. The van der Waals surface area contributed by atoms with Gasteiger partial charge in [0.15, 0.2) is 0 Å². The van der Waals surface area contributed by atoms with Crippen molar-refractivity contribution < 1.29 is 56.4 Å². The summed E-state index contributed by atoms with van der Waals surface area (Å²) in [5, 5.41) is 14.0. The number of benzene rings is 1. The van der Waals surface area contributed by atoms with E-state index in [1.807, 2.05) is 26.0 Å². The number of carboxylic acid groups (broad SMARTS) is 1. The maximum atomic E-state index is 15.1. The lowest BCUT2D eigenvalue weighted by molar-refractivity contribution is -0.149. The fourth-order valence-corrected chi connectivity index (χ4v) is 9.82. The zero-order valence-electron chi connectivity index (χ0n) is 33.3. The molecule has 7 atom stereocenters. The van der Waals surface area contributed by atoms with Crippen LogP contribution in [0.4, 0.5) is 4.79 Å². The molecule has 7 rings (SSSR count). The van der Waals surface area contributed by atoms with Crippen LogP contribution in [-0.2, 0) is 33.9 Å². The maximum absolute atomic E-state index is 15.1. The van der Waals surface area contributed by atoms with Crippen molar-refractivity contribution in [3.05, 3.63) is 36.5 Å². The summed E-state index contributed by atoms with van der Waals surface area (Å²) in [4.78, 5) is 63.6. The smallest absolute Gasteiger partial charge is 0.408 e.